The summed E-state index contributed by atoms with van der Waals surface area (Å²) in [5.74, 6) is 0. The topological polar surface area (TPSA) is 12.9 Å². The summed E-state index contributed by atoms with van der Waals surface area (Å²) in [6.07, 6.45) is 0. The van der Waals surface area contributed by atoms with E-state index in [4.69, 9.17) is 0 Å². The van der Waals surface area contributed by atoms with E-state index in [1.165, 1.54) is 11.1 Å². The highest BCUT2D eigenvalue weighted by molar-refractivity contribution is 5.27. The van der Waals surface area contributed by atoms with E-state index in [1.54, 1.807) is 0 Å². The van der Waals surface area contributed by atoms with Gasteiger partial charge in [0.1, 0.15) is 0 Å². The zero-order valence-corrected chi connectivity index (χ0v) is 7.02. The molecular weight excluding hydrogens is 122 g/mol. The Morgan fingerprint density at radius 3 is 1.60 bits per heavy atom. The molecule has 1 rings (SSSR count). The fourth-order valence-corrected chi connectivity index (χ4v) is 0.962. The first-order valence-corrected chi connectivity index (χ1v) is 3.52. The third-order valence-corrected chi connectivity index (χ3v) is 1.91. The molecule has 1 heterocycles. The monoisotopic (exact) mass is 135 g/mol. The average molecular weight is 135 g/mol. The highest BCUT2D eigenvalue weighted by atomic mass is 14.7. The molecule has 0 bridgehead atoms. The van der Waals surface area contributed by atoms with Gasteiger partial charge in [0.15, 0.2) is 0 Å². The van der Waals surface area contributed by atoms with Gasteiger partial charge in [0.2, 0.25) is 0 Å². The predicted octanol–water partition coefficient (Wildman–Crippen LogP) is 2.32. The zero-order valence-electron chi connectivity index (χ0n) is 7.02. The second-order valence-corrected chi connectivity index (χ2v) is 2.79. The molecule has 0 saturated heterocycles. The molecule has 1 aromatic rings. The molecule has 0 aliphatic heterocycles. The SMILES string of the molecule is Cc1cc(C)c(C)nc1C. The van der Waals surface area contributed by atoms with Gasteiger partial charge in [-0.3, -0.25) is 4.98 Å². The van der Waals surface area contributed by atoms with Gasteiger partial charge in [0, 0.05) is 11.4 Å². The Morgan fingerprint density at radius 1 is 0.900 bits per heavy atom. The maximum absolute atomic E-state index is 4.37. The van der Waals surface area contributed by atoms with E-state index >= 15 is 0 Å². The Bertz CT molecular complexity index is 201. The van der Waals surface area contributed by atoms with Crippen LogP contribution in [-0.4, -0.2) is 4.98 Å². The van der Waals surface area contributed by atoms with Crippen LogP contribution in [0.1, 0.15) is 22.5 Å². The predicted molar refractivity (Wildman–Crippen MR) is 43.2 cm³/mol. The van der Waals surface area contributed by atoms with Crippen LogP contribution in [0.4, 0.5) is 0 Å². The van der Waals surface area contributed by atoms with Gasteiger partial charge in [-0.2, -0.15) is 0 Å². The van der Waals surface area contributed by atoms with Crippen molar-refractivity contribution in [2.45, 2.75) is 27.7 Å². The van der Waals surface area contributed by atoms with Crippen molar-refractivity contribution >= 4 is 0 Å². The third-order valence-electron chi connectivity index (χ3n) is 1.91. The lowest BCUT2D eigenvalue weighted by molar-refractivity contribution is 1.06. The zero-order chi connectivity index (χ0) is 7.72. The number of hydrogen-bond acceptors (Lipinski definition) is 1. The van der Waals surface area contributed by atoms with E-state index in [2.05, 4.69) is 24.9 Å². The Kier molecular flexibility index (Phi) is 1.75. The van der Waals surface area contributed by atoms with Crippen LogP contribution in [0.2, 0.25) is 0 Å². The summed E-state index contributed by atoms with van der Waals surface area (Å²) in [5, 5.41) is 0. The summed E-state index contributed by atoms with van der Waals surface area (Å²) < 4.78 is 0. The Labute approximate surface area is 62.1 Å². The molecule has 0 saturated carbocycles. The molecule has 54 valence electrons. The Balaban J connectivity index is 3.28. The average Bonchev–Trinajstić information content (AvgIpc) is 1.84. The minimum atomic E-state index is 1.14. The van der Waals surface area contributed by atoms with E-state index < -0.39 is 0 Å². The molecule has 0 atom stereocenters. The first kappa shape index (κ1) is 7.26. The molecule has 0 N–H and O–H groups in total. The molecule has 1 nitrogen and oxygen atoms in total. The number of rotatable bonds is 0. The van der Waals surface area contributed by atoms with Gasteiger partial charge in [-0.05, 0) is 38.8 Å². The minimum absolute atomic E-state index is 1.14. The molecule has 0 radical (unpaired) electrons. The first-order valence-electron chi connectivity index (χ1n) is 3.52. The molecule has 0 aliphatic rings. The maximum Gasteiger partial charge on any atom is 0.0405 e. The van der Waals surface area contributed by atoms with E-state index in [0.29, 0.717) is 0 Å². The fraction of sp³-hybridized carbons (Fsp3) is 0.444. The number of nitrogens with zero attached hydrogens (tertiary/aromatic N) is 1. The van der Waals surface area contributed by atoms with Crippen molar-refractivity contribution < 1.29 is 0 Å². The van der Waals surface area contributed by atoms with Gasteiger partial charge >= 0.3 is 0 Å². The summed E-state index contributed by atoms with van der Waals surface area (Å²) in [7, 11) is 0. The summed E-state index contributed by atoms with van der Waals surface area (Å²) in [4.78, 5) is 4.37. The van der Waals surface area contributed by atoms with Crippen LogP contribution in [0.15, 0.2) is 6.07 Å². The molecule has 1 heteroatoms. The largest absolute Gasteiger partial charge is 0.258 e. The standard InChI is InChI=1S/C9H13N/c1-6-5-7(2)9(4)10-8(6)3/h5H,1-4H3. The van der Waals surface area contributed by atoms with Gasteiger partial charge < -0.3 is 0 Å². The second kappa shape index (κ2) is 2.41. The van der Waals surface area contributed by atoms with Crippen LogP contribution < -0.4 is 0 Å². The molecule has 0 spiro atoms. The van der Waals surface area contributed by atoms with Gasteiger partial charge in [-0.1, -0.05) is 6.07 Å². The van der Waals surface area contributed by atoms with Crippen molar-refractivity contribution in [2.75, 3.05) is 0 Å². The number of aryl methyl sites for hydroxylation is 4. The minimum Gasteiger partial charge on any atom is -0.258 e. The second-order valence-electron chi connectivity index (χ2n) is 2.79. The first-order chi connectivity index (χ1) is 4.61. The lowest BCUT2D eigenvalue weighted by Gasteiger charge is -2.03. The van der Waals surface area contributed by atoms with Crippen molar-refractivity contribution in [1.82, 2.24) is 4.98 Å². The quantitative estimate of drug-likeness (QED) is 0.532. The molecule has 1 aromatic heterocycles. The molecule has 0 fully saturated rings. The van der Waals surface area contributed by atoms with Gasteiger partial charge in [-0.15, -0.1) is 0 Å². The highest BCUT2D eigenvalue weighted by Crippen LogP contribution is 2.09. The Hall–Kier alpha value is -0.850. The van der Waals surface area contributed by atoms with Crippen LogP contribution in [0.25, 0.3) is 0 Å². The summed E-state index contributed by atoms with van der Waals surface area (Å²) in [5.41, 5.74) is 4.84. The Morgan fingerprint density at radius 2 is 1.30 bits per heavy atom. The molecule has 0 unspecified atom stereocenters. The highest BCUT2D eigenvalue weighted by Gasteiger charge is 1.96. The van der Waals surface area contributed by atoms with Crippen LogP contribution in [0, 0.1) is 27.7 Å². The lowest BCUT2D eigenvalue weighted by Crippen LogP contribution is -1.92. The van der Waals surface area contributed by atoms with Gasteiger partial charge in [0.25, 0.3) is 0 Å². The number of hydrogen-bond donors (Lipinski definition) is 0. The molecular formula is C9H13N. The third kappa shape index (κ3) is 1.18. The van der Waals surface area contributed by atoms with Crippen molar-refractivity contribution in [3.05, 3.63) is 28.6 Å². The van der Waals surface area contributed by atoms with Crippen molar-refractivity contribution in [3.8, 4) is 0 Å². The van der Waals surface area contributed by atoms with Crippen LogP contribution >= 0.6 is 0 Å². The van der Waals surface area contributed by atoms with Crippen molar-refractivity contribution in [3.63, 3.8) is 0 Å². The molecule has 10 heavy (non-hydrogen) atoms. The lowest BCUT2D eigenvalue weighted by atomic mass is 10.1. The van der Waals surface area contributed by atoms with E-state index in [9.17, 15) is 0 Å². The smallest absolute Gasteiger partial charge is 0.0405 e. The van der Waals surface area contributed by atoms with Gasteiger partial charge in [-0.25, -0.2) is 0 Å². The van der Waals surface area contributed by atoms with Crippen LogP contribution in [0.3, 0.4) is 0 Å². The van der Waals surface area contributed by atoms with Crippen LogP contribution in [-0.2, 0) is 0 Å². The van der Waals surface area contributed by atoms with Crippen molar-refractivity contribution in [1.29, 1.82) is 0 Å². The van der Waals surface area contributed by atoms with E-state index in [0.717, 1.165) is 11.4 Å². The summed E-state index contributed by atoms with van der Waals surface area (Å²) >= 11 is 0. The normalized spacial score (nSPS) is 10.0. The van der Waals surface area contributed by atoms with E-state index in [1.807, 2.05) is 13.8 Å². The van der Waals surface area contributed by atoms with E-state index in [-0.39, 0.29) is 0 Å². The number of pyridine rings is 1. The van der Waals surface area contributed by atoms with Crippen molar-refractivity contribution in [2.24, 2.45) is 0 Å². The maximum atomic E-state index is 4.37. The molecule has 0 aromatic carbocycles. The molecule has 0 aliphatic carbocycles. The molecule has 0 amide bonds. The summed E-state index contributed by atoms with van der Waals surface area (Å²) in [6, 6.07) is 2.18. The summed E-state index contributed by atoms with van der Waals surface area (Å²) in [6.45, 7) is 8.27. The number of aromatic nitrogens is 1. The fourth-order valence-electron chi connectivity index (χ4n) is 0.962. The van der Waals surface area contributed by atoms with Gasteiger partial charge in [0.05, 0.1) is 0 Å². The van der Waals surface area contributed by atoms with Crippen LogP contribution in [0.5, 0.6) is 0 Å².